The summed E-state index contributed by atoms with van der Waals surface area (Å²) in [5, 5.41) is 6.75. The number of fused-ring (bicyclic) bond motifs is 2. The van der Waals surface area contributed by atoms with Gasteiger partial charge < -0.3 is 20.3 Å². The van der Waals surface area contributed by atoms with Crippen LogP contribution in [0.4, 0.5) is 0 Å². The molecule has 0 aromatic heterocycles. The first-order chi connectivity index (χ1) is 13.2. The van der Waals surface area contributed by atoms with Crippen LogP contribution in [0.25, 0.3) is 0 Å². The first-order valence-electron chi connectivity index (χ1n) is 10.6. The van der Waals surface area contributed by atoms with Gasteiger partial charge in [0.2, 0.25) is 5.91 Å². The van der Waals surface area contributed by atoms with Crippen LogP contribution in [0.2, 0.25) is 0 Å². The van der Waals surface area contributed by atoms with Crippen LogP contribution in [-0.4, -0.2) is 49.1 Å². The average molecular weight is 446 g/mol. The summed E-state index contributed by atoms with van der Waals surface area (Å²) in [4.78, 5) is 14.8. The molecule has 29 heavy (non-hydrogen) atoms. The number of amides is 1. The van der Waals surface area contributed by atoms with Crippen LogP contribution in [0.3, 0.4) is 0 Å². The molecule has 1 aromatic rings. The molecule has 0 saturated carbocycles. The fourth-order valence-electron chi connectivity index (χ4n) is 4.49. The van der Waals surface area contributed by atoms with Gasteiger partial charge in [-0.25, -0.2) is 0 Å². The predicted molar refractivity (Wildman–Crippen MR) is 123 cm³/mol. The van der Waals surface area contributed by atoms with Crippen molar-refractivity contribution in [1.82, 2.24) is 15.5 Å². The third kappa shape index (κ3) is 7.97. The second-order valence-electron chi connectivity index (χ2n) is 7.94. The molecule has 5 nitrogen and oxygen atoms in total. The van der Waals surface area contributed by atoms with Gasteiger partial charge in [0.25, 0.3) is 0 Å². The Morgan fingerprint density at radius 3 is 2.45 bits per heavy atom. The number of rotatable bonds is 10. The van der Waals surface area contributed by atoms with Crippen LogP contribution in [0, 0.1) is 5.92 Å². The van der Waals surface area contributed by atoms with Crippen LogP contribution >= 0.6 is 24.8 Å². The Morgan fingerprint density at radius 1 is 1.14 bits per heavy atom. The van der Waals surface area contributed by atoms with Crippen LogP contribution in [0.5, 0.6) is 5.75 Å². The number of hydrogen-bond donors (Lipinski definition) is 2. The summed E-state index contributed by atoms with van der Waals surface area (Å²) in [6.07, 6.45) is 5.51. The van der Waals surface area contributed by atoms with Crippen molar-refractivity contribution in [1.29, 1.82) is 0 Å². The van der Waals surface area contributed by atoms with E-state index in [1.807, 2.05) is 24.3 Å². The van der Waals surface area contributed by atoms with E-state index in [9.17, 15) is 4.79 Å². The molecule has 1 amide bonds. The molecular formula is C22H37Cl2N3O2. The van der Waals surface area contributed by atoms with E-state index < -0.39 is 0 Å². The summed E-state index contributed by atoms with van der Waals surface area (Å²) in [5.41, 5.74) is 1.05. The Bertz CT molecular complexity index is 601. The van der Waals surface area contributed by atoms with Crippen molar-refractivity contribution in [3.8, 4) is 5.75 Å². The van der Waals surface area contributed by atoms with E-state index in [1.165, 1.54) is 12.8 Å². The fraction of sp³-hybridized carbons (Fsp3) is 0.682. The zero-order valence-corrected chi connectivity index (χ0v) is 19.3. The van der Waals surface area contributed by atoms with Crippen LogP contribution in [-0.2, 0) is 11.3 Å². The van der Waals surface area contributed by atoms with Crippen molar-refractivity contribution < 1.29 is 9.53 Å². The van der Waals surface area contributed by atoms with E-state index >= 15 is 0 Å². The van der Waals surface area contributed by atoms with Crippen LogP contribution in [0.15, 0.2) is 24.3 Å². The second kappa shape index (κ2) is 13.3. The minimum absolute atomic E-state index is 0. The lowest BCUT2D eigenvalue weighted by Crippen LogP contribution is -2.39. The minimum Gasteiger partial charge on any atom is -0.492 e. The maximum Gasteiger partial charge on any atom is 0.220 e. The van der Waals surface area contributed by atoms with Gasteiger partial charge in [0.05, 0.1) is 0 Å². The van der Waals surface area contributed by atoms with Crippen LogP contribution in [0.1, 0.15) is 51.5 Å². The number of piperidine rings is 1. The first kappa shape index (κ1) is 26.0. The standard InChI is InChI=1S/C22H35N3O2.2ClH/c1-3-25(4-2)11-12-27-21-8-6-5-7-18(21)16-23-22(26)15-17-13-19-9-10-20(14-17)24-19;;/h5-8,17,19-20,24H,3-4,9-16H2,1-2H3,(H,23,26);2*1H. The predicted octanol–water partition coefficient (Wildman–Crippen LogP) is 3.79. The van der Waals surface area contributed by atoms with Crippen LogP contribution < -0.4 is 15.4 Å². The maximum absolute atomic E-state index is 12.4. The first-order valence-corrected chi connectivity index (χ1v) is 10.6. The molecule has 2 aliphatic rings. The normalized spacial score (nSPS) is 22.5. The highest BCUT2D eigenvalue weighted by atomic mass is 35.5. The maximum atomic E-state index is 12.4. The summed E-state index contributed by atoms with van der Waals surface area (Å²) in [7, 11) is 0. The lowest BCUT2D eigenvalue weighted by Gasteiger charge is -2.28. The molecule has 2 fully saturated rings. The number of halogens is 2. The fourth-order valence-corrected chi connectivity index (χ4v) is 4.49. The topological polar surface area (TPSA) is 53.6 Å². The summed E-state index contributed by atoms with van der Waals surface area (Å²) in [6, 6.07) is 9.31. The summed E-state index contributed by atoms with van der Waals surface area (Å²) in [6.45, 7) is 8.54. The Kier molecular flexibility index (Phi) is 12.0. The highest BCUT2D eigenvalue weighted by Gasteiger charge is 2.34. The highest BCUT2D eigenvalue weighted by Crippen LogP contribution is 2.32. The molecule has 3 rings (SSSR count). The van der Waals surface area contributed by atoms with E-state index in [2.05, 4.69) is 29.4 Å². The number of ether oxygens (including phenoxy) is 1. The lowest BCUT2D eigenvalue weighted by atomic mass is 9.89. The molecule has 2 unspecified atom stereocenters. The van der Waals surface area contributed by atoms with Gasteiger partial charge >= 0.3 is 0 Å². The van der Waals surface area contributed by atoms with Gasteiger partial charge in [0.15, 0.2) is 0 Å². The quantitative estimate of drug-likeness (QED) is 0.574. The molecular weight excluding hydrogens is 409 g/mol. The SMILES string of the molecule is CCN(CC)CCOc1ccccc1CNC(=O)CC1CC2CCC(C1)N2.Cl.Cl. The van der Waals surface area contributed by atoms with Crippen molar-refractivity contribution in [3.63, 3.8) is 0 Å². The minimum atomic E-state index is 0. The Morgan fingerprint density at radius 2 is 1.79 bits per heavy atom. The number of hydrogen-bond acceptors (Lipinski definition) is 4. The van der Waals surface area contributed by atoms with Gasteiger partial charge in [-0.15, -0.1) is 24.8 Å². The number of carbonyl (C=O) groups is 1. The monoisotopic (exact) mass is 445 g/mol. The van der Waals surface area contributed by atoms with Gasteiger partial charge in [0.1, 0.15) is 12.4 Å². The molecule has 2 bridgehead atoms. The van der Waals surface area contributed by atoms with Crippen molar-refractivity contribution >= 4 is 30.7 Å². The highest BCUT2D eigenvalue weighted by molar-refractivity contribution is 5.85. The number of nitrogens with zero attached hydrogens (tertiary/aromatic N) is 1. The zero-order valence-electron chi connectivity index (χ0n) is 17.7. The van der Waals surface area contributed by atoms with Gasteiger partial charge in [0, 0.05) is 37.2 Å². The van der Waals surface area contributed by atoms with E-state index in [0.29, 0.717) is 37.6 Å². The molecule has 2 N–H and O–H groups in total. The molecule has 2 heterocycles. The molecule has 166 valence electrons. The summed E-state index contributed by atoms with van der Waals surface area (Å²) >= 11 is 0. The molecule has 2 saturated heterocycles. The smallest absolute Gasteiger partial charge is 0.220 e. The number of carbonyl (C=O) groups excluding carboxylic acids is 1. The molecule has 0 radical (unpaired) electrons. The van der Waals surface area contributed by atoms with Gasteiger partial charge in [-0.1, -0.05) is 32.0 Å². The molecule has 1 aromatic carbocycles. The molecule has 2 aliphatic heterocycles. The Hall–Kier alpha value is -1.01. The third-order valence-electron chi connectivity index (χ3n) is 6.05. The number of nitrogens with one attached hydrogen (secondary N) is 2. The largest absolute Gasteiger partial charge is 0.492 e. The van der Waals surface area contributed by atoms with E-state index in [-0.39, 0.29) is 30.7 Å². The summed E-state index contributed by atoms with van der Waals surface area (Å²) in [5.74, 6) is 1.58. The number of para-hydroxylation sites is 1. The van der Waals surface area contributed by atoms with Gasteiger partial charge in [-0.2, -0.15) is 0 Å². The molecule has 0 spiro atoms. The molecule has 7 heteroatoms. The van der Waals surface area contributed by atoms with Crippen molar-refractivity contribution in [2.45, 2.75) is 64.6 Å². The average Bonchev–Trinajstić information content (AvgIpc) is 3.02. The van der Waals surface area contributed by atoms with Gasteiger partial charge in [-0.3, -0.25) is 4.79 Å². The third-order valence-corrected chi connectivity index (χ3v) is 6.05. The molecule has 0 aliphatic carbocycles. The number of likely N-dealkylation sites (N-methyl/N-ethyl adjacent to an activating group) is 1. The number of benzene rings is 1. The van der Waals surface area contributed by atoms with Gasteiger partial charge in [-0.05, 0) is 50.8 Å². The zero-order chi connectivity index (χ0) is 19.1. The Labute approximate surface area is 188 Å². The van der Waals surface area contributed by atoms with Crippen molar-refractivity contribution in [3.05, 3.63) is 29.8 Å². The summed E-state index contributed by atoms with van der Waals surface area (Å²) < 4.78 is 5.99. The molecule has 2 atom stereocenters. The van der Waals surface area contributed by atoms with E-state index in [1.54, 1.807) is 0 Å². The second-order valence-corrected chi connectivity index (χ2v) is 7.94. The van der Waals surface area contributed by atoms with E-state index in [0.717, 1.165) is 43.8 Å². The van der Waals surface area contributed by atoms with Crippen molar-refractivity contribution in [2.24, 2.45) is 5.92 Å². The lowest BCUT2D eigenvalue weighted by molar-refractivity contribution is -0.122. The van der Waals surface area contributed by atoms with E-state index in [4.69, 9.17) is 4.74 Å². The van der Waals surface area contributed by atoms with Crippen molar-refractivity contribution in [2.75, 3.05) is 26.2 Å². The Balaban J connectivity index is 0.00000210.